The van der Waals surface area contributed by atoms with E-state index in [9.17, 15) is 17.2 Å². The van der Waals surface area contributed by atoms with E-state index in [1.807, 2.05) is 12.1 Å². The molecule has 188 valence electrons. The topological polar surface area (TPSA) is 75.9 Å². The molecule has 0 spiro atoms. The molecule has 1 saturated heterocycles. The number of sulfonamides is 1. The van der Waals surface area contributed by atoms with Crippen LogP contribution in [0.5, 0.6) is 0 Å². The summed E-state index contributed by atoms with van der Waals surface area (Å²) in [7, 11) is -3.72. The average Bonchev–Trinajstić information content (AvgIpc) is 3.17. The Morgan fingerprint density at radius 3 is 2.26 bits per heavy atom. The van der Waals surface area contributed by atoms with Crippen LogP contribution in [-0.2, 0) is 21.4 Å². The van der Waals surface area contributed by atoms with Crippen molar-refractivity contribution in [3.05, 3.63) is 81.7 Å². The minimum atomic E-state index is -3.72. The van der Waals surface area contributed by atoms with E-state index >= 15 is 0 Å². The maximum atomic E-state index is 14.1. The maximum Gasteiger partial charge on any atom is 0.248 e. The molecule has 0 bridgehead atoms. The molecule has 11 heteroatoms. The van der Waals surface area contributed by atoms with Crippen LogP contribution >= 0.6 is 11.6 Å². The zero-order chi connectivity index (χ0) is 25.2. The van der Waals surface area contributed by atoms with Crippen LogP contribution in [0.15, 0.2) is 51.9 Å². The Morgan fingerprint density at radius 2 is 1.69 bits per heavy atom. The highest BCUT2D eigenvalue weighted by molar-refractivity contribution is 7.89. The number of nitrogens with zero attached hydrogens (tertiary/aromatic N) is 3. The fraction of sp³-hybridized carbons (Fsp3) is 0.375. The van der Waals surface area contributed by atoms with Gasteiger partial charge < -0.3 is 9.26 Å². The number of ether oxygens (including phenoxy) is 1. The van der Waals surface area contributed by atoms with Crippen LogP contribution in [0.4, 0.5) is 8.78 Å². The van der Waals surface area contributed by atoms with Crippen molar-refractivity contribution in [2.75, 3.05) is 32.7 Å². The van der Waals surface area contributed by atoms with Crippen LogP contribution in [0.1, 0.15) is 28.7 Å². The Kier molecular flexibility index (Phi) is 7.87. The molecule has 1 atom stereocenters. The second-order valence-electron chi connectivity index (χ2n) is 8.41. The van der Waals surface area contributed by atoms with Gasteiger partial charge in [0.25, 0.3) is 0 Å². The lowest BCUT2D eigenvalue weighted by Gasteiger charge is -2.35. The average molecular weight is 526 g/mol. The van der Waals surface area contributed by atoms with Crippen LogP contribution in [0.3, 0.4) is 0 Å². The van der Waals surface area contributed by atoms with Gasteiger partial charge in [-0.05, 0) is 43.7 Å². The maximum absolute atomic E-state index is 14.1. The molecule has 2 aromatic carbocycles. The van der Waals surface area contributed by atoms with E-state index in [1.54, 1.807) is 26.0 Å². The monoisotopic (exact) mass is 525 g/mol. The van der Waals surface area contributed by atoms with Gasteiger partial charge in [0.05, 0.1) is 12.7 Å². The van der Waals surface area contributed by atoms with Crippen molar-refractivity contribution in [2.45, 2.75) is 31.5 Å². The van der Waals surface area contributed by atoms with E-state index in [4.69, 9.17) is 20.9 Å². The van der Waals surface area contributed by atoms with Gasteiger partial charge in [-0.25, -0.2) is 17.2 Å². The molecular formula is C24H26ClF2N3O4S. The number of piperazine rings is 1. The molecule has 1 aliphatic rings. The third kappa shape index (κ3) is 5.73. The Balaban J connectivity index is 1.45. The molecule has 35 heavy (non-hydrogen) atoms. The molecule has 0 N–H and O–H groups in total. The SMILES string of the molecule is Cc1noc(C)c1S(=O)(=O)N1CCN(C[C@H](OCc2c(F)cccc2F)c2ccc(Cl)cc2)CC1. The van der Waals surface area contributed by atoms with Crippen LogP contribution < -0.4 is 0 Å². The zero-order valence-electron chi connectivity index (χ0n) is 19.4. The molecule has 4 rings (SSSR count). The van der Waals surface area contributed by atoms with Gasteiger partial charge in [0.15, 0.2) is 5.76 Å². The summed E-state index contributed by atoms with van der Waals surface area (Å²) in [4.78, 5) is 2.18. The lowest BCUT2D eigenvalue weighted by molar-refractivity contribution is 0.00546. The van der Waals surface area contributed by atoms with Crippen LogP contribution in [0, 0.1) is 25.5 Å². The molecule has 3 aromatic rings. The summed E-state index contributed by atoms with van der Waals surface area (Å²) in [6.45, 7) is 4.84. The van der Waals surface area contributed by atoms with Crippen molar-refractivity contribution >= 4 is 21.6 Å². The molecule has 1 aliphatic heterocycles. The summed E-state index contributed by atoms with van der Waals surface area (Å²) < 4.78 is 66.9. The van der Waals surface area contributed by atoms with Crippen LogP contribution in [-0.4, -0.2) is 55.5 Å². The van der Waals surface area contributed by atoms with E-state index in [0.29, 0.717) is 30.4 Å². The van der Waals surface area contributed by atoms with Gasteiger partial charge in [0.2, 0.25) is 10.0 Å². The predicted octanol–water partition coefficient (Wildman–Crippen LogP) is 4.49. The molecular weight excluding hydrogens is 500 g/mol. The first kappa shape index (κ1) is 25.7. The van der Waals surface area contributed by atoms with Gasteiger partial charge in [-0.15, -0.1) is 0 Å². The smallest absolute Gasteiger partial charge is 0.248 e. The summed E-state index contributed by atoms with van der Waals surface area (Å²) in [5.41, 5.74) is 1.00. The van der Waals surface area contributed by atoms with Gasteiger partial charge in [-0.2, -0.15) is 4.31 Å². The molecule has 0 saturated carbocycles. The fourth-order valence-corrected chi connectivity index (χ4v) is 5.98. The molecule has 0 amide bonds. The van der Waals surface area contributed by atoms with E-state index in [0.717, 1.165) is 5.56 Å². The molecule has 0 unspecified atom stereocenters. The number of rotatable bonds is 8. The normalized spacial score (nSPS) is 16.5. The molecule has 7 nitrogen and oxygen atoms in total. The summed E-state index contributed by atoms with van der Waals surface area (Å²) in [5, 5.41) is 4.32. The first-order chi connectivity index (χ1) is 16.7. The number of hydrogen-bond acceptors (Lipinski definition) is 6. The first-order valence-electron chi connectivity index (χ1n) is 11.1. The second kappa shape index (κ2) is 10.7. The summed E-state index contributed by atoms with van der Waals surface area (Å²) >= 11 is 6.02. The third-order valence-corrected chi connectivity index (χ3v) is 8.45. The Labute approximate surface area is 208 Å². The van der Waals surface area contributed by atoms with Crippen LogP contribution in [0.2, 0.25) is 5.02 Å². The summed E-state index contributed by atoms with van der Waals surface area (Å²) in [6, 6.07) is 10.8. The van der Waals surface area contributed by atoms with Crippen molar-refractivity contribution < 1.29 is 26.5 Å². The number of hydrogen-bond donors (Lipinski definition) is 0. The summed E-state index contributed by atoms with van der Waals surface area (Å²) in [5.74, 6) is -1.07. The van der Waals surface area contributed by atoms with Gasteiger partial charge >= 0.3 is 0 Å². The lowest BCUT2D eigenvalue weighted by atomic mass is 10.1. The third-order valence-electron chi connectivity index (χ3n) is 6.05. The molecule has 0 aliphatic carbocycles. The molecule has 0 radical (unpaired) electrons. The number of halogens is 3. The van der Waals surface area contributed by atoms with Crippen molar-refractivity contribution in [2.24, 2.45) is 0 Å². The fourth-order valence-electron chi connectivity index (χ4n) is 4.14. The van der Waals surface area contributed by atoms with E-state index < -0.39 is 27.8 Å². The lowest BCUT2D eigenvalue weighted by Crippen LogP contribution is -2.49. The number of aromatic nitrogens is 1. The Morgan fingerprint density at radius 1 is 1.06 bits per heavy atom. The molecule has 1 aromatic heterocycles. The van der Waals surface area contributed by atoms with Crippen molar-refractivity contribution in [3.8, 4) is 0 Å². The largest absolute Gasteiger partial charge is 0.367 e. The van der Waals surface area contributed by atoms with Crippen molar-refractivity contribution in [1.82, 2.24) is 14.4 Å². The Bertz CT molecular complexity index is 1240. The molecule has 1 fully saturated rings. The minimum Gasteiger partial charge on any atom is -0.367 e. The van der Waals surface area contributed by atoms with Crippen LogP contribution in [0.25, 0.3) is 0 Å². The first-order valence-corrected chi connectivity index (χ1v) is 12.9. The minimum absolute atomic E-state index is 0.111. The highest BCUT2D eigenvalue weighted by Crippen LogP contribution is 2.27. The second-order valence-corrected chi connectivity index (χ2v) is 10.7. The van der Waals surface area contributed by atoms with E-state index in [-0.39, 0.29) is 35.9 Å². The van der Waals surface area contributed by atoms with Gasteiger partial charge in [0.1, 0.15) is 22.2 Å². The van der Waals surface area contributed by atoms with Gasteiger partial charge in [0, 0.05) is 43.3 Å². The zero-order valence-corrected chi connectivity index (χ0v) is 21.0. The van der Waals surface area contributed by atoms with Crippen molar-refractivity contribution in [1.29, 1.82) is 0 Å². The van der Waals surface area contributed by atoms with Gasteiger partial charge in [-0.3, -0.25) is 4.90 Å². The van der Waals surface area contributed by atoms with Crippen molar-refractivity contribution in [3.63, 3.8) is 0 Å². The standard InChI is InChI=1S/C24H26ClF2N3O4S/c1-16-24(17(2)34-28-16)35(31,32)30-12-10-29(11-13-30)14-23(18-6-8-19(25)9-7-18)33-15-20-21(26)4-3-5-22(20)27/h3-9,23H,10-15H2,1-2H3/t23-/m0/s1. The summed E-state index contributed by atoms with van der Waals surface area (Å²) in [6.07, 6.45) is -0.503. The van der Waals surface area contributed by atoms with E-state index in [1.165, 1.54) is 22.5 Å². The Hall–Kier alpha value is -2.37. The highest BCUT2D eigenvalue weighted by Gasteiger charge is 2.34. The predicted molar refractivity (Wildman–Crippen MR) is 127 cm³/mol. The number of benzene rings is 2. The number of aryl methyl sites for hydroxylation is 2. The highest BCUT2D eigenvalue weighted by atomic mass is 35.5. The quantitative estimate of drug-likeness (QED) is 0.431. The van der Waals surface area contributed by atoms with E-state index in [2.05, 4.69) is 10.1 Å². The van der Waals surface area contributed by atoms with Gasteiger partial charge in [-0.1, -0.05) is 35.0 Å². The molecule has 2 heterocycles.